The molecule has 1 fully saturated rings. The summed E-state index contributed by atoms with van der Waals surface area (Å²) >= 11 is 1.84. The van der Waals surface area contributed by atoms with Crippen LogP contribution in [-0.2, 0) is 6.54 Å². The summed E-state index contributed by atoms with van der Waals surface area (Å²) in [5.74, 6) is 0. The van der Waals surface area contributed by atoms with Crippen molar-refractivity contribution in [2.24, 2.45) is 0 Å². The van der Waals surface area contributed by atoms with Crippen LogP contribution in [0.4, 0.5) is 0 Å². The maximum absolute atomic E-state index is 3.62. The maximum atomic E-state index is 3.62. The van der Waals surface area contributed by atoms with Crippen molar-refractivity contribution in [2.75, 3.05) is 13.1 Å². The van der Waals surface area contributed by atoms with E-state index in [9.17, 15) is 0 Å². The minimum Gasteiger partial charge on any atom is -0.315 e. The quantitative estimate of drug-likeness (QED) is 0.849. The van der Waals surface area contributed by atoms with Gasteiger partial charge in [0, 0.05) is 23.8 Å². The molecule has 0 bridgehead atoms. The summed E-state index contributed by atoms with van der Waals surface area (Å²) in [6.07, 6.45) is 1.25. The number of thiophene rings is 1. The van der Waals surface area contributed by atoms with Crippen molar-refractivity contribution in [1.82, 2.24) is 10.6 Å². The summed E-state index contributed by atoms with van der Waals surface area (Å²) < 4.78 is 1.39. The van der Waals surface area contributed by atoms with Gasteiger partial charge in [-0.25, -0.2) is 0 Å². The number of hydrogen-bond donors (Lipinski definition) is 2. The lowest BCUT2D eigenvalue weighted by Crippen LogP contribution is -2.30. The van der Waals surface area contributed by atoms with E-state index in [0.717, 1.165) is 19.6 Å². The van der Waals surface area contributed by atoms with Crippen LogP contribution in [0.5, 0.6) is 0 Å². The second-order valence-electron chi connectivity index (χ2n) is 4.33. The topological polar surface area (TPSA) is 24.1 Å². The van der Waals surface area contributed by atoms with E-state index >= 15 is 0 Å². The molecular formula is C13H16N2S. The Morgan fingerprint density at radius 1 is 1.38 bits per heavy atom. The largest absolute Gasteiger partial charge is 0.315 e. The number of rotatable bonds is 3. The van der Waals surface area contributed by atoms with E-state index < -0.39 is 0 Å². The molecule has 0 spiro atoms. The summed E-state index contributed by atoms with van der Waals surface area (Å²) in [6.45, 7) is 3.26. The summed E-state index contributed by atoms with van der Waals surface area (Å²) in [5, 5.41) is 10.7. The fourth-order valence-corrected chi connectivity index (χ4v) is 3.22. The lowest BCUT2D eigenvalue weighted by molar-refractivity contribution is 0.549. The molecule has 1 aliphatic rings. The molecule has 1 atom stereocenters. The van der Waals surface area contributed by atoms with Crippen LogP contribution in [0.3, 0.4) is 0 Å². The zero-order chi connectivity index (χ0) is 10.8. The fourth-order valence-electron chi connectivity index (χ4n) is 2.25. The highest BCUT2D eigenvalue weighted by molar-refractivity contribution is 7.17. The van der Waals surface area contributed by atoms with Gasteiger partial charge >= 0.3 is 0 Å². The Balaban J connectivity index is 1.73. The van der Waals surface area contributed by atoms with Gasteiger partial charge in [0.25, 0.3) is 0 Å². The number of benzene rings is 1. The zero-order valence-electron chi connectivity index (χ0n) is 9.20. The van der Waals surface area contributed by atoms with Crippen molar-refractivity contribution >= 4 is 21.4 Å². The molecule has 2 aromatic rings. The van der Waals surface area contributed by atoms with E-state index in [1.54, 1.807) is 0 Å². The molecule has 1 aromatic carbocycles. The molecule has 1 saturated heterocycles. The highest BCUT2D eigenvalue weighted by Crippen LogP contribution is 2.25. The Kier molecular flexibility index (Phi) is 2.91. The smallest absolute Gasteiger partial charge is 0.0346 e. The molecule has 2 nitrogen and oxygen atoms in total. The van der Waals surface area contributed by atoms with Crippen LogP contribution < -0.4 is 10.6 Å². The summed E-state index contributed by atoms with van der Waals surface area (Å²) in [6, 6.07) is 9.29. The minimum atomic E-state index is 0.652. The van der Waals surface area contributed by atoms with Crippen molar-refractivity contribution in [3.8, 4) is 0 Å². The fraction of sp³-hybridized carbons (Fsp3) is 0.385. The van der Waals surface area contributed by atoms with Gasteiger partial charge in [0.05, 0.1) is 0 Å². The molecule has 1 unspecified atom stereocenters. The molecule has 2 N–H and O–H groups in total. The van der Waals surface area contributed by atoms with Gasteiger partial charge in [0.15, 0.2) is 0 Å². The average molecular weight is 232 g/mol. The van der Waals surface area contributed by atoms with Gasteiger partial charge in [-0.15, -0.1) is 11.3 Å². The van der Waals surface area contributed by atoms with Gasteiger partial charge in [-0.2, -0.15) is 0 Å². The first-order chi connectivity index (χ1) is 7.93. The first-order valence-electron chi connectivity index (χ1n) is 5.83. The Morgan fingerprint density at radius 3 is 3.19 bits per heavy atom. The normalized spacial score (nSPS) is 20.6. The molecule has 1 aliphatic heterocycles. The molecule has 2 heterocycles. The van der Waals surface area contributed by atoms with Crippen LogP contribution in [0, 0.1) is 0 Å². The number of hydrogen-bond acceptors (Lipinski definition) is 3. The van der Waals surface area contributed by atoms with Crippen molar-refractivity contribution in [3.63, 3.8) is 0 Å². The molecular weight excluding hydrogens is 216 g/mol. The lowest BCUT2D eigenvalue weighted by atomic mass is 10.1. The Bertz CT molecular complexity index is 471. The second-order valence-corrected chi connectivity index (χ2v) is 5.24. The van der Waals surface area contributed by atoms with Crippen molar-refractivity contribution in [2.45, 2.75) is 19.0 Å². The third kappa shape index (κ3) is 1.98. The van der Waals surface area contributed by atoms with Crippen LogP contribution in [0.25, 0.3) is 10.1 Å². The maximum Gasteiger partial charge on any atom is 0.0346 e. The lowest BCUT2D eigenvalue weighted by Gasteiger charge is -2.10. The highest BCUT2D eigenvalue weighted by atomic mass is 32.1. The van der Waals surface area contributed by atoms with Crippen molar-refractivity contribution in [3.05, 3.63) is 35.2 Å². The monoisotopic (exact) mass is 232 g/mol. The molecule has 84 valence electrons. The third-order valence-corrected chi connectivity index (χ3v) is 4.21. The van der Waals surface area contributed by atoms with Gasteiger partial charge < -0.3 is 10.6 Å². The van der Waals surface area contributed by atoms with Gasteiger partial charge in [-0.3, -0.25) is 0 Å². The molecule has 0 aliphatic carbocycles. The van der Waals surface area contributed by atoms with E-state index in [0.29, 0.717) is 6.04 Å². The first kappa shape index (κ1) is 10.3. The standard InChI is InChI=1S/C13H16N2S/c1-2-4-13-12(3-1)10(9-16-13)7-15-11-5-6-14-8-11/h1-4,9,11,14-15H,5-8H2. The highest BCUT2D eigenvalue weighted by Gasteiger charge is 2.13. The summed E-state index contributed by atoms with van der Waals surface area (Å²) in [5.41, 5.74) is 1.44. The average Bonchev–Trinajstić information content (AvgIpc) is 2.96. The molecule has 1 aromatic heterocycles. The van der Waals surface area contributed by atoms with Crippen LogP contribution in [0.2, 0.25) is 0 Å². The van der Waals surface area contributed by atoms with Crippen LogP contribution >= 0.6 is 11.3 Å². The van der Waals surface area contributed by atoms with Crippen LogP contribution in [0.1, 0.15) is 12.0 Å². The molecule has 3 heteroatoms. The summed E-state index contributed by atoms with van der Waals surface area (Å²) in [7, 11) is 0. The molecule has 3 rings (SSSR count). The predicted octanol–water partition coefficient (Wildman–Crippen LogP) is 2.35. The van der Waals surface area contributed by atoms with Gasteiger partial charge in [0.1, 0.15) is 0 Å². The third-order valence-electron chi connectivity index (χ3n) is 3.20. The molecule has 0 saturated carbocycles. The van der Waals surface area contributed by atoms with E-state index in [1.807, 2.05) is 11.3 Å². The van der Waals surface area contributed by atoms with Crippen LogP contribution in [-0.4, -0.2) is 19.1 Å². The van der Waals surface area contributed by atoms with Crippen molar-refractivity contribution in [1.29, 1.82) is 0 Å². The Labute approximate surface area is 99.7 Å². The Morgan fingerprint density at radius 2 is 2.31 bits per heavy atom. The van der Waals surface area contributed by atoms with E-state index in [2.05, 4.69) is 40.3 Å². The molecule has 0 radical (unpaired) electrons. The van der Waals surface area contributed by atoms with E-state index in [-0.39, 0.29) is 0 Å². The van der Waals surface area contributed by atoms with Crippen molar-refractivity contribution < 1.29 is 0 Å². The SMILES string of the molecule is c1ccc2c(CNC3CCNC3)csc2c1. The van der Waals surface area contributed by atoms with E-state index in [4.69, 9.17) is 0 Å². The van der Waals surface area contributed by atoms with Gasteiger partial charge in [-0.05, 0) is 35.4 Å². The molecule has 0 amide bonds. The number of nitrogens with one attached hydrogen (secondary N) is 2. The van der Waals surface area contributed by atoms with Crippen LogP contribution in [0.15, 0.2) is 29.6 Å². The van der Waals surface area contributed by atoms with E-state index in [1.165, 1.54) is 22.1 Å². The summed E-state index contributed by atoms with van der Waals surface area (Å²) in [4.78, 5) is 0. The Hall–Kier alpha value is -0.900. The first-order valence-corrected chi connectivity index (χ1v) is 6.70. The zero-order valence-corrected chi connectivity index (χ0v) is 10.0. The minimum absolute atomic E-state index is 0.652. The van der Waals surface area contributed by atoms with Gasteiger partial charge in [0.2, 0.25) is 0 Å². The van der Waals surface area contributed by atoms with Gasteiger partial charge in [-0.1, -0.05) is 18.2 Å². The number of fused-ring (bicyclic) bond motifs is 1. The second kappa shape index (κ2) is 4.53. The molecule has 16 heavy (non-hydrogen) atoms. The predicted molar refractivity (Wildman–Crippen MR) is 69.9 cm³/mol.